The summed E-state index contributed by atoms with van der Waals surface area (Å²) in [6.45, 7) is 0.422. The first-order valence-corrected chi connectivity index (χ1v) is 8.24. The number of ether oxygens (including phenoxy) is 1. The summed E-state index contributed by atoms with van der Waals surface area (Å²) in [5.74, 6) is 0.582. The Kier molecular flexibility index (Phi) is 5.53. The lowest BCUT2D eigenvalue weighted by molar-refractivity contribution is 0.306. The lowest BCUT2D eigenvalue weighted by atomic mass is 10.2. The maximum atomic E-state index is 9.95. The molecule has 1 N–H and O–H groups in total. The topological polar surface area (TPSA) is 54.2 Å². The number of hydrogen-bond acceptors (Lipinski definition) is 4. The third-order valence-corrected chi connectivity index (χ3v) is 3.91. The van der Waals surface area contributed by atoms with Crippen LogP contribution in [0.1, 0.15) is 5.56 Å². The van der Waals surface area contributed by atoms with Gasteiger partial charge in [0.1, 0.15) is 29.5 Å². The van der Waals surface area contributed by atoms with Crippen LogP contribution < -0.4 is 4.74 Å². The lowest BCUT2D eigenvalue weighted by Gasteiger charge is -2.07. The summed E-state index contributed by atoms with van der Waals surface area (Å²) < 4.78 is 5.72. The van der Waals surface area contributed by atoms with E-state index in [1.54, 1.807) is 30.3 Å². The molecule has 0 aromatic heterocycles. The van der Waals surface area contributed by atoms with Gasteiger partial charge in [-0.15, -0.1) is 10.2 Å². The zero-order valence-electron chi connectivity index (χ0n) is 13.1. The van der Waals surface area contributed by atoms with Crippen molar-refractivity contribution in [2.75, 3.05) is 0 Å². The summed E-state index contributed by atoms with van der Waals surface area (Å²) in [7, 11) is 0. The second-order valence-corrected chi connectivity index (χ2v) is 6.06. The molecule has 0 amide bonds. The predicted octanol–water partition coefficient (Wildman–Crippen LogP) is 6.69. The average Bonchev–Trinajstić information content (AvgIpc) is 2.62. The molecule has 3 rings (SSSR count). The van der Waals surface area contributed by atoms with Gasteiger partial charge in [-0.25, -0.2) is 0 Å². The number of halogens is 2. The maximum absolute atomic E-state index is 9.95. The van der Waals surface area contributed by atoms with Crippen LogP contribution in [0.4, 0.5) is 11.4 Å². The third kappa shape index (κ3) is 4.72. The van der Waals surface area contributed by atoms with E-state index in [0.29, 0.717) is 28.1 Å². The Hall–Kier alpha value is -2.56. The molecule has 0 aliphatic rings. The first-order chi connectivity index (χ1) is 12.1. The third-order valence-electron chi connectivity index (χ3n) is 3.37. The highest BCUT2D eigenvalue weighted by molar-refractivity contribution is 6.36. The van der Waals surface area contributed by atoms with Crippen molar-refractivity contribution >= 4 is 34.6 Å². The molecule has 0 unspecified atom stereocenters. The zero-order chi connectivity index (χ0) is 17.6. The molecule has 0 saturated heterocycles. The number of benzene rings is 3. The summed E-state index contributed by atoms with van der Waals surface area (Å²) in [4.78, 5) is 0. The largest absolute Gasteiger partial charge is 0.506 e. The number of nitrogens with zero attached hydrogens (tertiary/aromatic N) is 2. The molecule has 25 heavy (non-hydrogen) atoms. The van der Waals surface area contributed by atoms with E-state index in [9.17, 15) is 5.11 Å². The van der Waals surface area contributed by atoms with E-state index in [2.05, 4.69) is 10.2 Å². The highest BCUT2D eigenvalue weighted by Gasteiger charge is 2.05. The molecular weight excluding hydrogens is 359 g/mol. The quantitative estimate of drug-likeness (QED) is 0.506. The van der Waals surface area contributed by atoms with E-state index in [0.717, 1.165) is 5.56 Å². The van der Waals surface area contributed by atoms with Gasteiger partial charge in [0.05, 0.1) is 5.02 Å². The maximum Gasteiger partial charge on any atom is 0.143 e. The number of phenols is 1. The second-order valence-electron chi connectivity index (χ2n) is 5.22. The Bertz CT molecular complexity index is 899. The fraction of sp³-hybridized carbons (Fsp3) is 0.0526. The summed E-state index contributed by atoms with van der Waals surface area (Å²) in [6, 6.07) is 19.5. The van der Waals surface area contributed by atoms with Gasteiger partial charge in [0, 0.05) is 11.1 Å². The summed E-state index contributed by atoms with van der Waals surface area (Å²) in [6.07, 6.45) is 0. The van der Waals surface area contributed by atoms with Crippen LogP contribution in [0.5, 0.6) is 11.5 Å². The van der Waals surface area contributed by atoms with Gasteiger partial charge < -0.3 is 9.84 Å². The van der Waals surface area contributed by atoms with E-state index < -0.39 is 0 Å². The molecule has 0 heterocycles. The monoisotopic (exact) mass is 372 g/mol. The van der Waals surface area contributed by atoms with Crippen molar-refractivity contribution in [1.82, 2.24) is 0 Å². The first-order valence-electron chi connectivity index (χ1n) is 7.48. The van der Waals surface area contributed by atoms with Gasteiger partial charge in [-0.1, -0.05) is 53.5 Å². The van der Waals surface area contributed by atoms with Crippen LogP contribution in [0.15, 0.2) is 77.0 Å². The van der Waals surface area contributed by atoms with Gasteiger partial charge in [0.15, 0.2) is 0 Å². The molecule has 0 spiro atoms. The van der Waals surface area contributed by atoms with Crippen molar-refractivity contribution in [3.63, 3.8) is 0 Å². The minimum absolute atomic E-state index is 0.000831. The van der Waals surface area contributed by atoms with Gasteiger partial charge >= 0.3 is 0 Å². The van der Waals surface area contributed by atoms with Crippen molar-refractivity contribution in [3.8, 4) is 11.5 Å². The van der Waals surface area contributed by atoms with E-state index in [1.165, 1.54) is 6.07 Å². The molecule has 0 aliphatic heterocycles. The Morgan fingerprint density at radius 2 is 1.60 bits per heavy atom. The average molecular weight is 373 g/mol. The smallest absolute Gasteiger partial charge is 0.143 e. The van der Waals surface area contributed by atoms with Crippen molar-refractivity contribution in [2.45, 2.75) is 6.61 Å². The molecule has 0 aliphatic carbocycles. The van der Waals surface area contributed by atoms with E-state index >= 15 is 0 Å². The van der Waals surface area contributed by atoms with Crippen molar-refractivity contribution in [3.05, 3.63) is 82.3 Å². The standard InChI is InChI=1S/C19H14Cl2N2O2/c20-14-6-8-17(16(21)10-14)22-23-18-11-15(7-9-19(18)24)25-12-13-4-2-1-3-5-13/h1-11,24H,12H2. The molecule has 3 aromatic carbocycles. The fourth-order valence-electron chi connectivity index (χ4n) is 2.08. The Labute approximate surface area is 155 Å². The first kappa shape index (κ1) is 17.3. The van der Waals surface area contributed by atoms with Crippen LogP contribution in [-0.4, -0.2) is 5.11 Å². The van der Waals surface area contributed by atoms with Gasteiger partial charge in [0.25, 0.3) is 0 Å². The minimum Gasteiger partial charge on any atom is -0.506 e. The van der Waals surface area contributed by atoms with Crippen LogP contribution in [0.25, 0.3) is 0 Å². The van der Waals surface area contributed by atoms with Gasteiger partial charge in [0.2, 0.25) is 0 Å². The number of azo groups is 1. The lowest BCUT2D eigenvalue weighted by Crippen LogP contribution is -1.94. The number of phenolic OH excluding ortho intramolecular Hbond substituents is 1. The second kappa shape index (κ2) is 8.01. The number of rotatable bonds is 5. The molecule has 0 atom stereocenters. The van der Waals surface area contributed by atoms with Crippen LogP contribution in [0, 0.1) is 0 Å². The van der Waals surface area contributed by atoms with E-state index in [-0.39, 0.29) is 11.4 Å². The van der Waals surface area contributed by atoms with E-state index in [4.69, 9.17) is 27.9 Å². The van der Waals surface area contributed by atoms with Gasteiger partial charge in [-0.3, -0.25) is 0 Å². The molecule has 0 bridgehead atoms. The fourth-order valence-corrected chi connectivity index (χ4v) is 2.53. The van der Waals surface area contributed by atoms with Crippen molar-refractivity contribution in [1.29, 1.82) is 0 Å². The summed E-state index contributed by atoms with van der Waals surface area (Å²) in [5, 5.41) is 19.0. The zero-order valence-corrected chi connectivity index (χ0v) is 14.6. The van der Waals surface area contributed by atoms with Crippen LogP contribution >= 0.6 is 23.2 Å². The molecule has 0 radical (unpaired) electrons. The molecular formula is C19H14Cl2N2O2. The Morgan fingerprint density at radius 1 is 0.840 bits per heavy atom. The van der Waals surface area contributed by atoms with E-state index in [1.807, 2.05) is 30.3 Å². The molecule has 0 saturated carbocycles. The molecule has 3 aromatic rings. The normalized spacial score (nSPS) is 11.0. The number of hydrogen-bond donors (Lipinski definition) is 1. The van der Waals surface area contributed by atoms with Crippen LogP contribution in [0.3, 0.4) is 0 Å². The Balaban J connectivity index is 1.76. The predicted molar refractivity (Wildman–Crippen MR) is 99.5 cm³/mol. The molecule has 126 valence electrons. The summed E-state index contributed by atoms with van der Waals surface area (Å²) in [5.41, 5.74) is 1.80. The number of aromatic hydroxyl groups is 1. The van der Waals surface area contributed by atoms with Crippen molar-refractivity contribution in [2.24, 2.45) is 10.2 Å². The summed E-state index contributed by atoms with van der Waals surface area (Å²) >= 11 is 11.9. The van der Waals surface area contributed by atoms with Crippen molar-refractivity contribution < 1.29 is 9.84 Å². The highest BCUT2D eigenvalue weighted by atomic mass is 35.5. The van der Waals surface area contributed by atoms with Crippen LogP contribution in [-0.2, 0) is 6.61 Å². The molecule has 0 fully saturated rings. The highest BCUT2D eigenvalue weighted by Crippen LogP contribution is 2.34. The Morgan fingerprint density at radius 3 is 2.36 bits per heavy atom. The minimum atomic E-state index is 0.000831. The van der Waals surface area contributed by atoms with Gasteiger partial charge in [-0.05, 0) is 35.9 Å². The SMILES string of the molecule is Oc1ccc(OCc2ccccc2)cc1N=Nc1ccc(Cl)cc1Cl. The van der Waals surface area contributed by atoms with Crippen LogP contribution in [0.2, 0.25) is 10.0 Å². The molecule has 4 nitrogen and oxygen atoms in total. The van der Waals surface area contributed by atoms with Gasteiger partial charge in [-0.2, -0.15) is 0 Å². The molecule has 6 heteroatoms.